The molecule has 26 heavy (non-hydrogen) atoms. The zero-order valence-electron chi connectivity index (χ0n) is 14.9. The number of nitrogens with zero attached hydrogens (tertiary/aromatic N) is 2. The van der Waals surface area contributed by atoms with Crippen molar-refractivity contribution >= 4 is 26.8 Å². The van der Waals surface area contributed by atoms with Crippen LogP contribution in [0, 0.1) is 5.92 Å². The molecule has 1 aliphatic heterocycles. The van der Waals surface area contributed by atoms with Crippen molar-refractivity contribution in [1.82, 2.24) is 14.2 Å². The SMILES string of the molecule is Cn1c(=O)c(C(=O)NC[C@H]2CCCN(S(C)(=O)=O)C2)cc2ccccc21. The van der Waals surface area contributed by atoms with Crippen molar-refractivity contribution in [2.75, 3.05) is 25.9 Å². The maximum Gasteiger partial charge on any atom is 0.263 e. The van der Waals surface area contributed by atoms with Gasteiger partial charge in [0.05, 0.1) is 11.8 Å². The second-order valence-electron chi connectivity index (χ2n) is 6.82. The molecule has 1 fully saturated rings. The van der Waals surface area contributed by atoms with Crippen LogP contribution in [0.1, 0.15) is 23.2 Å². The Labute approximate surface area is 152 Å². The highest BCUT2D eigenvalue weighted by molar-refractivity contribution is 7.88. The van der Waals surface area contributed by atoms with E-state index in [2.05, 4.69) is 5.32 Å². The lowest BCUT2D eigenvalue weighted by Crippen LogP contribution is -2.43. The Morgan fingerprint density at radius 1 is 1.31 bits per heavy atom. The van der Waals surface area contributed by atoms with Gasteiger partial charge in [-0.1, -0.05) is 18.2 Å². The Kier molecular flexibility index (Phi) is 5.15. The van der Waals surface area contributed by atoms with Gasteiger partial charge in [0.2, 0.25) is 10.0 Å². The molecule has 0 spiro atoms. The van der Waals surface area contributed by atoms with E-state index in [9.17, 15) is 18.0 Å². The van der Waals surface area contributed by atoms with Gasteiger partial charge in [-0.05, 0) is 36.3 Å². The lowest BCUT2D eigenvalue weighted by Gasteiger charge is -2.30. The molecule has 0 radical (unpaired) electrons. The number of benzene rings is 1. The van der Waals surface area contributed by atoms with Gasteiger partial charge in [-0.15, -0.1) is 0 Å². The summed E-state index contributed by atoms with van der Waals surface area (Å²) in [5.74, 6) is -0.375. The van der Waals surface area contributed by atoms with Crippen LogP contribution in [0.4, 0.5) is 0 Å². The number of hydrogen-bond acceptors (Lipinski definition) is 4. The first-order valence-corrected chi connectivity index (χ1v) is 10.4. The largest absolute Gasteiger partial charge is 0.352 e. The highest BCUT2D eigenvalue weighted by Crippen LogP contribution is 2.18. The summed E-state index contributed by atoms with van der Waals surface area (Å²) in [6.45, 7) is 1.27. The van der Waals surface area contributed by atoms with E-state index in [1.54, 1.807) is 13.1 Å². The molecular weight excluding hydrogens is 354 g/mol. The standard InChI is InChI=1S/C18H23N3O4S/c1-20-16-8-4-3-7-14(16)10-15(18(20)23)17(22)19-11-13-6-5-9-21(12-13)26(2,24)25/h3-4,7-8,10,13H,5-6,9,11-12H2,1-2H3,(H,19,22)/t13-/m1/s1. The number of carbonyl (C=O) groups is 1. The second kappa shape index (κ2) is 7.20. The molecule has 0 unspecified atom stereocenters. The molecule has 0 bridgehead atoms. The van der Waals surface area contributed by atoms with Crippen molar-refractivity contribution in [3.8, 4) is 0 Å². The number of aryl methyl sites for hydroxylation is 1. The lowest BCUT2D eigenvalue weighted by atomic mass is 9.99. The predicted octanol–water partition coefficient (Wildman–Crippen LogP) is 0.940. The molecule has 1 aliphatic rings. The number of sulfonamides is 1. The third-order valence-electron chi connectivity index (χ3n) is 4.88. The van der Waals surface area contributed by atoms with Crippen molar-refractivity contribution < 1.29 is 13.2 Å². The Balaban J connectivity index is 1.74. The van der Waals surface area contributed by atoms with E-state index in [0.29, 0.717) is 19.6 Å². The van der Waals surface area contributed by atoms with Gasteiger partial charge in [0, 0.05) is 26.7 Å². The number of fused-ring (bicyclic) bond motifs is 1. The summed E-state index contributed by atoms with van der Waals surface area (Å²) in [4.78, 5) is 25.0. The number of rotatable bonds is 4. The van der Waals surface area contributed by atoms with Gasteiger partial charge >= 0.3 is 0 Å². The van der Waals surface area contributed by atoms with Crippen LogP contribution in [0.3, 0.4) is 0 Å². The van der Waals surface area contributed by atoms with E-state index in [-0.39, 0.29) is 17.0 Å². The van der Waals surface area contributed by atoms with Crippen LogP contribution in [0.15, 0.2) is 35.1 Å². The summed E-state index contributed by atoms with van der Waals surface area (Å²) >= 11 is 0. The van der Waals surface area contributed by atoms with Gasteiger partial charge in [-0.25, -0.2) is 12.7 Å². The first-order valence-electron chi connectivity index (χ1n) is 8.59. The van der Waals surface area contributed by atoms with Crippen molar-refractivity contribution in [2.24, 2.45) is 13.0 Å². The number of pyridine rings is 1. The normalized spacial score (nSPS) is 18.8. The van der Waals surface area contributed by atoms with E-state index < -0.39 is 15.9 Å². The highest BCUT2D eigenvalue weighted by atomic mass is 32.2. The van der Waals surface area contributed by atoms with Crippen LogP contribution >= 0.6 is 0 Å². The molecular formula is C18H23N3O4S. The van der Waals surface area contributed by atoms with Crippen molar-refractivity contribution in [3.05, 3.63) is 46.2 Å². The van der Waals surface area contributed by atoms with Crippen LogP contribution in [0.2, 0.25) is 0 Å². The van der Waals surface area contributed by atoms with Gasteiger partial charge in [-0.2, -0.15) is 0 Å². The number of para-hydroxylation sites is 1. The third kappa shape index (κ3) is 3.81. The molecule has 3 rings (SSSR count). The minimum atomic E-state index is -3.22. The number of hydrogen-bond donors (Lipinski definition) is 1. The van der Waals surface area contributed by atoms with E-state index in [1.807, 2.05) is 24.3 Å². The van der Waals surface area contributed by atoms with E-state index in [1.165, 1.54) is 15.1 Å². The summed E-state index contributed by atoms with van der Waals surface area (Å²) in [5.41, 5.74) is 0.523. The zero-order valence-corrected chi connectivity index (χ0v) is 15.8. The van der Waals surface area contributed by atoms with Gasteiger partial charge in [0.15, 0.2) is 0 Å². The maximum absolute atomic E-state index is 12.5. The first kappa shape index (κ1) is 18.6. The molecule has 0 aliphatic carbocycles. The number of amides is 1. The van der Waals surface area contributed by atoms with Crippen LogP contribution in [-0.2, 0) is 17.1 Å². The summed E-state index contributed by atoms with van der Waals surface area (Å²) < 4.78 is 26.3. The van der Waals surface area contributed by atoms with Crippen LogP contribution in [-0.4, -0.2) is 49.1 Å². The molecule has 7 nitrogen and oxygen atoms in total. The molecule has 1 aromatic carbocycles. The van der Waals surface area contributed by atoms with Gasteiger partial charge < -0.3 is 9.88 Å². The predicted molar refractivity (Wildman–Crippen MR) is 101 cm³/mol. The van der Waals surface area contributed by atoms with Crippen LogP contribution < -0.4 is 10.9 Å². The molecule has 2 aromatic rings. The fraction of sp³-hybridized carbons (Fsp3) is 0.444. The number of aromatic nitrogens is 1. The van der Waals surface area contributed by atoms with E-state index in [0.717, 1.165) is 23.7 Å². The van der Waals surface area contributed by atoms with Crippen molar-refractivity contribution in [2.45, 2.75) is 12.8 Å². The Morgan fingerprint density at radius 3 is 2.77 bits per heavy atom. The summed E-state index contributed by atoms with van der Waals surface area (Å²) in [6.07, 6.45) is 2.82. The minimum Gasteiger partial charge on any atom is -0.352 e. The van der Waals surface area contributed by atoms with E-state index >= 15 is 0 Å². The van der Waals surface area contributed by atoms with E-state index in [4.69, 9.17) is 0 Å². The maximum atomic E-state index is 12.5. The van der Waals surface area contributed by atoms with Gasteiger partial charge in [0.1, 0.15) is 5.56 Å². The molecule has 2 heterocycles. The quantitative estimate of drug-likeness (QED) is 0.859. The summed E-state index contributed by atoms with van der Waals surface area (Å²) in [7, 11) is -1.57. The van der Waals surface area contributed by atoms with Crippen LogP contribution in [0.5, 0.6) is 0 Å². The second-order valence-corrected chi connectivity index (χ2v) is 8.80. The molecule has 140 valence electrons. The highest BCUT2D eigenvalue weighted by Gasteiger charge is 2.26. The van der Waals surface area contributed by atoms with Gasteiger partial charge in [0.25, 0.3) is 11.5 Å². The fourth-order valence-electron chi connectivity index (χ4n) is 3.41. The fourth-order valence-corrected chi connectivity index (χ4v) is 4.35. The zero-order chi connectivity index (χ0) is 18.9. The van der Waals surface area contributed by atoms with Crippen molar-refractivity contribution in [1.29, 1.82) is 0 Å². The smallest absolute Gasteiger partial charge is 0.263 e. The Bertz CT molecular complexity index is 997. The average Bonchev–Trinajstić information content (AvgIpc) is 2.62. The molecule has 1 atom stereocenters. The van der Waals surface area contributed by atoms with Crippen LogP contribution in [0.25, 0.3) is 10.9 Å². The summed E-state index contributed by atoms with van der Waals surface area (Å²) in [6, 6.07) is 9.00. The minimum absolute atomic E-state index is 0.0479. The van der Waals surface area contributed by atoms with Crippen molar-refractivity contribution in [3.63, 3.8) is 0 Å². The molecule has 1 aromatic heterocycles. The monoisotopic (exact) mass is 377 g/mol. The Morgan fingerprint density at radius 2 is 2.04 bits per heavy atom. The lowest BCUT2D eigenvalue weighted by molar-refractivity contribution is 0.0940. The topological polar surface area (TPSA) is 88.5 Å². The summed E-state index contributed by atoms with van der Waals surface area (Å²) in [5, 5.41) is 3.62. The first-order chi connectivity index (χ1) is 12.3. The number of carbonyl (C=O) groups excluding carboxylic acids is 1. The molecule has 1 amide bonds. The molecule has 8 heteroatoms. The Hall–Kier alpha value is -2.19. The average molecular weight is 377 g/mol. The molecule has 1 N–H and O–H groups in total. The number of piperidine rings is 1. The van der Waals surface area contributed by atoms with Gasteiger partial charge in [-0.3, -0.25) is 9.59 Å². The third-order valence-corrected chi connectivity index (χ3v) is 6.15. The molecule has 0 saturated carbocycles. The number of nitrogens with one attached hydrogen (secondary N) is 1. The molecule has 1 saturated heterocycles.